The van der Waals surface area contributed by atoms with Gasteiger partial charge in [0.25, 0.3) is 0 Å². The zero-order valence-corrected chi connectivity index (χ0v) is 12.9. The van der Waals surface area contributed by atoms with E-state index in [1.54, 1.807) is 7.11 Å². The standard InChI is InChI=1S/C18H23NO2/c1-13-4-6-15(7-5-13)12-21-18-11-16(10-14(2)19)8-9-17(18)20-3/h4-9,11,14H,10,12,19H2,1-3H3. The first-order valence-electron chi connectivity index (χ1n) is 7.19. The number of ether oxygens (including phenoxy) is 2. The van der Waals surface area contributed by atoms with Gasteiger partial charge in [-0.25, -0.2) is 0 Å². The van der Waals surface area contributed by atoms with Gasteiger partial charge in [-0.1, -0.05) is 35.9 Å². The van der Waals surface area contributed by atoms with Crippen LogP contribution in [0.5, 0.6) is 11.5 Å². The third kappa shape index (κ3) is 4.50. The van der Waals surface area contributed by atoms with Gasteiger partial charge in [0, 0.05) is 6.04 Å². The predicted molar refractivity (Wildman–Crippen MR) is 85.9 cm³/mol. The molecule has 21 heavy (non-hydrogen) atoms. The molecular weight excluding hydrogens is 262 g/mol. The van der Waals surface area contributed by atoms with Gasteiger partial charge < -0.3 is 15.2 Å². The van der Waals surface area contributed by atoms with Crippen molar-refractivity contribution >= 4 is 0 Å². The molecule has 3 nitrogen and oxygen atoms in total. The van der Waals surface area contributed by atoms with Gasteiger partial charge in [0.2, 0.25) is 0 Å². The highest BCUT2D eigenvalue weighted by Crippen LogP contribution is 2.29. The van der Waals surface area contributed by atoms with Gasteiger partial charge in [-0.3, -0.25) is 0 Å². The second kappa shape index (κ2) is 7.14. The van der Waals surface area contributed by atoms with Crippen molar-refractivity contribution < 1.29 is 9.47 Å². The van der Waals surface area contributed by atoms with E-state index in [0.29, 0.717) is 6.61 Å². The molecule has 112 valence electrons. The Balaban J connectivity index is 2.11. The Bertz CT molecular complexity index is 576. The number of benzene rings is 2. The Morgan fingerprint density at radius 3 is 2.29 bits per heavy atom. The molecule has 0 bridgehead atoms. The average molecular weight is 285 g/mol. The summed E-state index contributed by atoms with van der Waals surface area (Å²) in [6.07, 6.45) is 0.824. The summed E-state index contributed by atoms with van der Waals surface area (Å²) in [4.78, 5) is 0. The zero-order valence-electron chi connectivity index (χ0n) is 12.9. The Hall–Kier alpha value is -2.00. The van der Waals surface area contributed by atoms with E-state index < -0.39 is 0 Å². The van der Waals surface area contributed by atoms with Crippen LogP contribution >= 0.6 is 0 Å². The Morgan fingerprint density at radius 1 is 1.00 bits per heavy atom. The van der Waals surface area contributed by atoms with Crippen LogP contribution in [-0.4, -0.2) is 13.2 Å². The monoisotopic (exact) mass is 285 g/mol. The number of hydrogen-bond acceptors (Lipinski definition) is 3. The van der Waals surface area contributed by atoms with Crippen molar-refractivity contribution in [2.45, 2.75) is 32.9 Å². The third-order valence-electron chi connectivity index (χ3n) is 3.30. The molecule has 0 aromatic heterocycles. The molecule has 0 saturated heterocycles. The molecule has 0 spiro atoms. The summed E-state index contributed by atoms with van der Waals surface area (Å²) in [5, 5.41) is 0. The number of methoxy groups -OCH3 is 1. The molecule has 2 N–H and O–H groups in total. The third-order valence-corrected chi connectivity index (χ3v) is 3.30. The molecule has 3 heteroatoms. The Morgan fingerprint density at radius 2 is 1.67 bits per heavy atom. The molecule has 0 heterocycles. The van der Waals surface area contributed by atoms with E-state index >= 15 is 0 Å². The van der Waals surface area contributed by atoms with Gasteiger partial charge in [-0.2, -0.15) is 0 Å². The van der Waals surface area contributed by atoms with Crippen LogP contribution in [0.1, 0.15) is 23.6 Å². The molecule has 0 saturated carbocycles. The zero-order chi connectivity index (χ0) is 15.2. The lowest BCUT2D eigenvalue weighted by Crippen LogP contribution is -2.17. The fourth-order valence-corrected chi connectivity index (χ4v) is 2.18. The summed E-state index contributed by atoms with van der Waals surface area (Å²) in [7, 11) is 1.65. The summed E-state index contributed by atoms with van der Waals surface area (Å²) in [6.45, 7) is 4.60. The molecule has 0 fully saturated rings. The molecule has 1 atom stereocenters. The van der Waals surface area contributed by atoms with Crippen LogP contribution in [0.25, 0.3) is 0 Å². The fraction of sp³-hybridized carbons (Fsp3) is 0.333. The van der Waals surface area contributed by atoms with Crippen molar-refractivity contribution in [2.75, 3.05) is 7.11 Å². The van der Waals surface area contributed by atoms with Crippen molar-refractivity contribution in [3.8, 4) is 11.5 Å². The minimum atomic E-state index is 0.128. The molecule has 0 aliphatic carbocycles. The second-order valence-corrected chi connectivity index (χ2v) is 5.44. The van der Waals surface area contributed by atoms with Gasteiger partial charge in [0.15, 0.2) is 11.5 Å². The molecule has 0 radical (unpaired) electrons. The van der Waals surface area contributed by atoms with E-state index in [4.69, 9.17) is 15.2 Å². The molecule has 2 rings (SSSR count). The van der Waals surface area contributed by atoms with Gasteiger partial charge in [0.1, 0.15) is 6.61 Å². The van der Waals surface area contributed by atoms with Crippen LogP contribution in [0.3, 0.4) is 0 Å². The molecule has 0 amide bonds. The van der Waals surface area contributed by atoms with E-state index in [1.807, 2.05) is 25.1 Å². The maximum absolute atomic E-state index is 5.91. The van der Waals surface area contributed by atoms with Crippen molar-refractivity contribution in [3.63, 3.8) is 0 Å². The highest BCUT2D eigenvalue weighted by Gasteiger charge is 2.07. The number of aryl methyl sites for hydroxylation is 1. The Kier molecular flexibility index (Phi) is 5.23. The first-order valence-corrected chi connectivity index (χ1v) is 7.19. The first-order chi connectivity index (χ1) is 10.1. The van der Waals surface area contributed by atoms with Crippen LogP contribution in [-0.2, 0) is 13.0 Å². The van der Waals surface area contributed by atoms with Crippen molar-refractivity contribution in [3.05, 3.63) is 59.2 Å². The molecule has 0 aliphatic heterocycles. The van der Waals surface area contributed by atoms with Gasteiger partial charge in [-0.15, -0.1) is 0 Å². The van der Waals surface area contributed by atoms with E-state index in [9.17, 15) is 0 Å². The first kappa shape index (κ1) is 15.4. The minimum absolute atomic E-state index is 0.128. The number of nitrogens with two attached hydrogens (primary N) is 1. The lowest BCUT2D eigenvalue weighted by molar-refractivity contribution is 0.284. The van der Waals surface area contributed by atoms with Crippen LogP contribution in [0.15, 0.2) is 42.5 Å². The van der Waals surface area contributed by atoms with E-state index in [2.05, 4.69) is 31.2 Å². The maximum Gasteiger partial charge on any atom is 0.161 e. The minimum Gasteiger partial charge on any atom is -0.493 e. The highest BCUT2D eigenvalue weighted by atomic mass is 16.5. The van der Waals surface area contributed by atoms with Crippen molar-refractivity contribution in [2.24, 2.45) is 5.73 Å². The Labute approximate surface area is 126 Å². The SMILES string of the molecule is COc1ccc(CC(C)N)cc1OCc1ccc(C)cc1. The summed E-state index contributed by atoms with van der Waals surface area (Å²) < 4.78 is 11.3. The number of rotatable bonds is 6. The predicted octanol–water partition coefficient (Wildman–Crippen LogP) is 3.47. The fourth-order valence-electron chi connectivity index (χ4n) is 2.18. The van der Waals surface area contributed by atoms with Gasteiger partial charge in [0.05, 0.1) is 7.11 Å². The van der Waals surface area contributed by atoms with E-state index in [0.717, 1.165) is 29.0 Å². The lowest BCUT2D eigenvalue weighted by Gasteiger charge is -2.13. The van der Waals surface area contributed by atoms with Crippen LogP contribution < -0.4 is 15.2 Å². The quantitative estimate of drug-likeness (QED) is 0.884. The van der Waals surface area contributed by atoms with E-state index in [-0.39, 0.29) is 6.04 Å². The summed E-state index contributed by atoms with van der Waals surface area (Å²) in [6, 6.07) is 14.4. The molecule has 0 aliphatic rings. The maximum atomic E-state index is 5.91. The molecule has 1 unspecified atom stereocenters. The summed E-state index contributed by atoms with van der Waals surface area (Å²) >= 11 is 0. The number of hydrogen-bond donors (Lipinski definition) is 1. The molecular formula is C18H23NO2. The van der Waals surface area contributed by atoms with Gasteiger partial charge >= 0.3 is 0 Å². The summed E-state index contributed by atoms with van der Waals surface area (Å²) in [5.41, 5.74) is 9.39. The second-order valence-electron chi connectivity index (χ2n) is 5.44. The normalized spacial score (nSPS) is 12.0. The molecule has 2 aromatic rings. The smallest absolute Gasteiger partial charge is 0.161 e. The largest absolute Gasteiger partial charge is 0.493 e. The van der Waals surface area contributed by atoms with Crippen molar-refractivity contribution in [1.29, 1.82) is 0 Å². The average Bonchev–Trinajstić information content (AvgIpc) is 2.46. The topological polar surface area (TPSA) is 44.5 Å². The van der Waals surface area contributed by atoms with Crippen LogP contribution in [0.2, 0.25) is 0 Å². The van der Waals surface area contributed by atoms with Crippen LogP contribution in [0.4, 0.5) is 0 Å². The molecule has 2 aromatic carbocycles. The lowest BCUT2D eigenvalue weighted by atomic mass is 10.1. The highest BCUT2D eigenvalue weighted by molar-refractivity contribution is 5.43. The summed E-state index contributed by atoms with van der Waals surface area (Å²) in [5.74, 6) is 1.51. The van der Waals surface area contributed by atoms with Crippen molar-refractivity contribution in [1.82, 2.24) is 0 Å². The van der Waals surface area contributed by atoms with E-state index in [1.165, 1.54) is 5.56 Å². The van der Waals surface area contributed by atoms with Crippen LogP contribution in [0, 0.1) is 6.92 Å². The van der Waals surface area contributed by atoms with Gasteiger partial charge in [-0.05, 0) is 43.5 Å².